The van der Waals surface area contributed by atoms with Gasteiger partial charge in [-0.1, -0.05) is 41.0 Å². The van der Waals surface area contributed by atoms with Gasteiger partial charge in [-0.2, -0.15) is 0 Å². The minimum Gasteiger partial charge on any atom is -0.360 e. The van der Waals surface area contributed by atoms with E-state index in [-0.39, 0.29) is 27.8 Å². The Hall–Kier alpha value is -2.66. The number of halogens is 2. The maximum absolute atomic E-state index is 14.3. The number of aromatic nitrogens is 1. The summed E-state index contributed by atoms with van der Waals surface area (Å²) in [5.41, 5.74) is 2.42. The molecule has 1 aliphatic heterocycles. The van der Waals surface area contributed by atoms with Crippen LogP contribution in [0.3, 0.4) is 0 Å². The molecule has 25 heavy (non-hydrogen) atoms. The molecule has 0 saturated carbocycles. The Morgan fingerprint density at radius 3 is 2.84 bits per heavy atom. The second-order valence-electron chi connectivity index (χ2n) is 5.89. The number of fused-ring (bicyclic) bond motifs is 1. The SMILES string of the molecule is Cc1onc(-c2c(F)cccc2Cl)c1C(=O)N1CCc2ccccc21. The third-order valence-corrected chi connectivity index (χ3v) is 4.72. The number of nitrogens with zero attached hydrogens (tertiary/aromatic N) is 2. The maximum atomic E-state index is 14.3. The monoisotopic (exact) mass is 356 g/mol. The van der Waals surface area contributed by atoms with Gasteiger partial charge in [-0.05, 0) is 37.1 Å². The van der Waals surface area contributed by atoms with E-state index >= 15 is 0 Å². The van der Waals surface area contributed by atoms with Crippen molar-refractivity contribution in [2.45, 2.75) is 13.3 Å². The number of benzene rings is 2. The van der Waals surface area contributed by atoms with E-state index in [2.05, 4.69) is 5.16 Å². The molecule has 0 atom stereocenters. The van der Waals surface area contributed by atoms with Gasteiger partial charge in [0, 0.05) is 12.2 Å². The van der Waals surface area contributed by atoms with Crippen LogP contribution in [0.25, 0.3) is 11.3 Å². The molecule has 0 aliphatic carbocycles. The highest BCUT2D eigenvalue weighted by molar-refractivity contribution is 6.33. The fourth-order valence-corrected chi connectivity index (χ4v) is 3.46. The van der Waals surface area contributed by atoms with Crippen molar-refractivity contribution in [3.8, 4) is 11.3 Å². The third kappa shape index (κ3) is 2.51. The summed E-state index contributed by atoms with van der Waals surface area (Å²) in [5.74, 6) is -0.474. The van der Waals surface area contributed by atoms with Gasteiger partial charge in [0.15, 0.2) is 0 Å². The predicted octanol–water partition coefficient (Wildman–Crippen LogP) is 4.65. The zero-order valence-electron chi connectivity index (χ0n) is 13.4. The second kappa shape index (κ2) is 6.01. The van der Waals surface area contributed by atoms with Gasteiger partial charge in [-0.25, -0.2) is 4.39 Å². The molecule has 4 nitrogen and oxygen atoms in total. The minimum atomic E-state index is -0.545. The normalized spacial score (nSPS) is 13.2. The van der Waals surface area contributed by atoms with Crippen molar-refractivity contribution in [2.75, 3.05) is 11.4 Å². The van der Waals surface area contributed by atoms with Crippen LogP contribution in [0.1, 0.15) is 21.7 Å². The Kier molecular flexibility index (Phi) is 3.81. The molecule has 3 aromatic rings. The van der Waals surface area contributed by atoms with Crippen LogP contribution < -0.4 is 4.90 Å². The molecule has 0 radical (unpaired) electrons. The molecule has 0 N–H and O–H groups in total. The van der Waals surface area contributed by atoms with Gasteiger partial charge in [0.05, 0.1) is 10.6 Å². The van der Waals surface area contributed by atoms with Crippen LogP contribution in [0.5, 0.6) is 0 Å². The van der Waals surface area contributed by atoms with E-state index in [4.69, 9.17) is 16.1 Å². The predicted molar refractivity (Wildman–Crippen MR) is 93.5 cm³/mol. The molecule has 0 unspecified atom stereocenters. The number of hydrogen-bond acceptors (Lipinski definition) is 3. The van der Waals surface area contributed by atoms with Crippen molar-refractivity contribution in [3.05, 3.63) is 70.2 Å². The molecule has 0 spiro atoms. The molecule has 0 fully saturated rings. The molecule has 1 amide bonds. The van der Waals surface area contributed by atoms with Gasteiger partial charge < -0.3 is 9.42 Å². The summed E-state index contributed by atoms with van der Waals surface area (Å²) in [6.07, 6.45) is 0.780. The van der Waals surface area contributed by atoms with Crippen molar-refractivity contribution in [3.63, 3.8) is 0 Å². The zero-order valence-corrected chi connectivity index (χ0v) is 14.2. The Morgan fingerprint density at radius 1 is 1.24 bits per heavy atom. The molecular weight excluding hydrogens is 343 g/mol. The van der Waals surface area contributed by atoms with E-state index in [0.29, 0.717) is 12.3 Å². The van der Waals surface area contributed by atoms with E-state index in [9.17, 15) is 9.18 Å². The van der Waals surface area contributed by atoms with Crippen LogP contribution in [0.4, 0.5) is 10.1 Å². The molecule has 0 bridgehead atoms. The summed E-state index contributed by atoms with van der Waals surface area (Å²) in [6, 6.07) is 12.1. The highest BCUT2D eigenvalue weighted by Crippen LogP contribution is 2.36. The molecule has 2 aromatic carbocycles. The van der Waals surface area contributed by atoms with Gasteiger partial charge in [0.1, 0.15) is 22.8 Å². The topological polar surface area (TPSA) is 46.3 Å². The van der Waals surface area contributed by atoms with E-state index < -0.39 is 5.82 Å². The first kappa shape index (κ1) is 15.8. The summed E-state index contributed by atoms with van der Waals surface area (Å²) >= 11 is 6.14. The number of amides is 1. The average molecular weight is 357 g/mol. The number of carbonyl (C=O) groups is 1. The van der Waals surface area contributed by atoms with Gasteiger partial charge in [-0.15, -0.1) is 0 Å². The Morgan fingerprint density at radius 2 is 2.04 bits per heavy atom. The van der Waals surface area contributed by atoms with Crippen molar-refractivity contribution < 1.29 is 13.7 Å². The molecule has 1 aromatic heterocycles. The van der Waals surface area contributed by atoms with E-state index in [1.54, 1.807) is 17.9 Å². The number of aryl methyl sites for hydroxylation is 1. The van der Waals surface area contributed by atoms with Gasteiger partial charge in [0.2, 0.25) is 0 Å². The number of para-hydroxylation sites is 1. The van der Waals surface area contributed by atoms with Gasteiger partial charge >= 0.3 is 0 Å². The van der Waals surface area contributed by atoms with Crippen molar-refractivity contribution >= 4 is 23.2 Å². The molecule has 1 aliphatic rings. The van der Waals surface area contributed by atoms with Crippen molar-refractivity contribution in [1.82, 2.24) is 5.16 Å². The highest BCUT2D eigenvalue weighted by atomic mass is 35.5. The van der Waals surface area contributed by atoms with E-state index in [0.717, 1.165) is 17.7 Å². The molecule has 4 rings (SSSR count). The fourth-order valence-electron chi connectivity index (χ4n) is 3.20. The molecule has 126 valence electrons. The second-order valence-corrected chi connectivity index (χ2v) is 6.30. The number of carbonyl (C=O) groups excluding carboxylic acids is 1. The number of hydrogen-bond donors (Lipinski definition) is 0. The van der Waals surface area contributed by atoms with Crippen molar-refractivity contribution in [1.29, 1.82) is 0 Å². The first-order valence-corrected chi connectivity index (χ1v) is 8.26. The van der Waals surface area contributed by atoms with Crippen LogP contribution in [0, 0.1) is 12.7 Å². The summed E-state index contributed by atoms with van der Waals surface area (Å²) in [6.45, 7) is 2.20. The molecule has 6 heteroatoms. The standard InChI is InChI=1S/C19H14ClFN2O2/c1-11-16(18(22-25-11)17-13(20)6-4-7-14(17)21)19(24)23-10-9-12-5-2-3-8-15(12)23/h2-8H,9-10H2,1H3. The highest BCUT2D eigenvalue weighted by Gasteiger charge is 2.32. The lowest BCUT2D eigenvalue weighted by molar-refractivity contribution is 0.0988. The lowest BCUT2D eigenvalue weighted by Gasteiger charge is -2.17. The maximum Gasteiger partial charge on any atom is 0.264 e. The lowest BCUT2D eigenvalue weighted by atomic mass is 10.0. The van der Waals surface area contributed by atoms with Crippen LogP contribution in [-0.4, -0.2) is 17.6 Å². The molecule has 0 saturated heterocycles. The van der Waals surface area contributed by atoms with Crippen LogP contribution >= 0.6 is 11.6 Å². The van der Waals surface area contributed by atoms with E-state index in [1.165, 1.54) is 12.1 Å². The molecular formula is C19H14ClFN2O2. The number of rotatable bonds is 2. The van der Waals surface area contributed by atoms with Gasteiger partial charge in [-0.3, -0.25) is 4.79 Å². The third-order valence-electron chi connectivity index (χ3n) is 4.41. The lowest BCUT2D eigenvalue weighted by Crippen LogP contribution is -2.29. The Balaban J connectivity index is 1.83. The fraction of sp³-hybridized carbons (Fsp3) is 0.158. The Bertz CT molecular complexity index is 963. The van der Waals surface area contributed by atoms with Crippen LogP contribution in [0.2, 0.25) is 5.02 Å². The van der Waals surface area contributed by atoms with E-state index in [1.807, 2.05) is 24.3 Å². The minimum absolute atomic E-state index is 0.0804. The zero-order chi connectivity index (χ0) is 17.6. The van der Waals surface area contributed by atoms with Crippen molar-refractivity contribution in [2.24, 2.45) is 0 Å². The first-order valence-electron chi connectivity index (χ1n) is 7.88. The first-order chi connectivity index (χ1) is 12.1. The quantitative estimate of drug-likeness (QED) is 0.671. The largest absolute Gasteiger partial charge is 0.360 e. The summed E-state index contributed by atoms with van der Waals surface area (Å²) in [7, 11) is 0. The summed E-state index contributed by atoms with van der Waals surface area (Å²) in [5, 5.41) is 4.09. The van der Waals surface area contributed by atoms with Crippen LogP contribution in [0.15, 0.2) is 47.0 Å². The molecule has 2 heterocycles. The summed E-state index contributed by atoms with van der Waals surface area (Å²) < 4.78 is 19.5. The van der Waals surface area contributed by atoms with Crippen LogP contribution in [-0.2, 0) is 6.42 Å². The average Bonchev–Trinajstić information content (AvgIpc) is 3.18. The summed E-state index contributed by atoms with van der Waals surface area (Å²) in [4.78, 5) is 14.8. The smallest absolute Gasteiger partial charge is 0.264 e. The Labute approximate surface area is 148 Å². The number of anilines is 1. The van der Waals surface area contributed by atoms with Gasteiger partial charge in [0.25, 0.3) is 5.91 Å².